The minimum Gasteiger partial charge on any atom is -0.462 e. The number of rotatable bonds is 3. The van der Waals surface area contributed by atoms with Crippen LogP contribution in [0.1, 0.15) is 36.0 Å². The van der Waals surface area contributed by atoms with Gasteiger partial charge in [-0.2, -0.15) is 0 Å². The van der Waals surface area contributed by atoms with Crippen molar-refractivity contribution in [2.24, 2.45) is 5.92 Å². The molecule has 0 atom stereocenters. The first-order valence-corrected chi connectivity index (χ1v) is 5.68. The number of hydrogen-bond acceptors (Lipinski definition) is 2. The summed E-state index contributed by atoms with van der Waals surface area (Å²) < 4.78 is 17.8. The van der Waals surface area contributed by atoms with E-state index < -0.39 is 0 Å². The fraction of sp³-hybridized carbons (Fsp3) is 0.462. The van der Waals surface area contributed by atoms with Gasteiger partial charge >= 0.3 is 5.97 Å². The maximum atomic E-state index is 12.6. The quantitative estimate of drug-likeness (QED) is 0.734. The topological polar surface area (TPSA) is 26.3 Å². The Labute approximate surface area is 94.4 Å². The third-order valence-electron chi connectivity index (χ3n) is 3.00. The molecule has 0 unspecified atom stereocenters. The van der Waals surface area contributed by atoms with Crippen molar-refractivity contribution in [3.8, 4) is 0 Å². The van der Waals surface area contributed by atoms with Crippen molar-refractivity contribution in [1.29, 1.82) is 0 Å². The van der Waals surface area contributed by atoms with E-state index in [4.69, 9.17) is 4.74 Å². The molecule has 0 N–H and O–H groups in total. The first-order chi connectivity index (χ1) is 7.75. The van der Waals surface area contributed by atoms with Gasteiger partial charge < -0.3 is 4.74 Å². The SMILES string of the molecule is O=C(OCC1CCCC1)c1ccc(F)cc1. The molecule has 0 aliphatic heterocycles. The summed E-state index contributed by atoms with van der Waals surface area (Å²) >= 11 is 0. The van der Waals surface area contributed by atoms with Gasteiger partial charge in [-0.15, -0.1) is 0 Å². The monoisotopic (exact) mass is 222 g/mol. The van der Waals surface area contributed by atoms with Crippen LogP contribution in [0.5, 0.6) is 0 Å². The number of carbonyl (C=O) groups is 1. The van der Waals surface area contributed by atoms with Crippen LogP contribution in [-0.4, -0.2) is 12.6 Å². The summed E-state index contributed by atoms with van der Waals surface area (Å²) in [6.45, 7) is 0.496. The molecular weight excluding hydrogens is 207 g/mol. The van der Waals surface area contributed by atoms with Gasteiger partial charge in [0.15, 0.2) is 0 Å². The van der Waals surface area contributed by atoms with Crippen LogP contribution in [0.25, 0.3) is 0 Å². The fourth-order valence-corrected chi connectivity index (χ4v) is 2.04. The summed E-state index contributed by atoms with van der Waals surface area (Å²) in [4.78, 5) is 11.6. The smallest absolute Gasteiger partial charge is 0.338 e. The Morgan fingerprint density at radius 2 is 1.88 bits per heavy atom. The van der Waals surface area contributed by atoms with E-state index >= 15 is 0 Å². The fourth-order valence-electron chi connectivity index (χ4n) is 2.04. The van der Waals surface area contributed by atoms with Gasteiger partial charge in [-0.25, -0.2) is 9.18 Å². The van der Waals surface area contributed by atoms with Crippen molar-refractivity contribution in [3.63, 3.8) is 0 Å². The highest BCUT2D eigenvalue weighted by atomic mass is 19.1. The average Bonchev–Trinajstić information content (AvgIpc) is 2.80. The highest BCUT2D eigenvalue weighted by Gasteiger charge is 2.17. The lowest BCUT2D eigenvalue weighted by molar-refractivity contribution is 0.0442. The second-order valence-electron chi connectivity index (χ2n) is 4.26. The van der Waals surface area contributed by atoms with Gasteiger partial charge in [-0.1, -0.05) is 12.8 Å². The molecule has 86 valence electrons. The minimum absolute atomic E-state index is 0.340. The second-order valence-corrected chi connectivity index (χ2v) is 4.26. The second kappa shape index (κ2) is 5.10. The van der Waals surface area contributed by atoms with Gasteiger partial charge in [0, 0.05) is 0 Å². The number of esters is 1. The van der Waals surface area contributed by atoms with E-state index in [-0.39, 0.29) is 11.8 Å². The molecule has 0 heterocycles. The normalized spacial score (nSPS) is 16.3. The molecule has 0 amide bonds. The van der Waals surface area contributed by atoms with E-state index in [1.807, 2.05) is 0 Å². The van der Waals surface area contributed by atoms with Gasteiger partial charge in [0.25, 0.3) is 0 Å². The lowest BCUT2D eigenvalue weighted by Crippen LogP contribution is -2.11. The van der Waals surface area contributed by atoms with Crippen molar-refractivity contribution in [2.75, 3.05) is 6.61 Å². The number of benzene rings is 1. The lowest BCUT2D eigenvalue weighted by Gasteiger charge is -2.09. The van der Waals surface area contributed by atoms with Crippen molar-refractivity contribution < 1.29 is 13.9 Å². The first kappa shape index (κ1) is 11.1. The first-order valence-electron chi connectivity index (χ1n) is 5.68. The summed E-state index contributed by atoms with van der Waals surface area (Å²) in [5.41, 5.74) is 0.416. The van der Waals surface area contributed by atoms with Gasteiger partial charge in [0.1, 0.15) is 5.82 Å². The number of carbonyl (C=O) groups excluding carboxylic acids is 1. The minimum atomic E-state index is -0.355. The van der Waals surface area contributed by atoms with E-state index in [2.05, 4.69) is 0 Å². The van der Waals surface area contributed by atoms with Crippen LogP contribution in [-0.2, 0) is 4.74 Å². The Bertz CT molecular complexity index is 353. The molecule has 1 aromatic carbocycles. The van der Waals surface area contributed by atoms with Crippen molar-refractivity contribution in [3.05, 3.63) is 35.6 Å². The zero-order valence-corrected chi connectivity index (χ0v) is 9.12. The van der Waals surface area contributed by atoms with E-state index in [9.17, 15) is 9.18 Å². The molecule has 1 fully saturated rings. The van der Waals surface area contributed by atoms with Gasteiger partial charge in [-0.3, -0.25) is 0 Å². The largest absolute Gasteiger partial charge is 0.462 e. The highest BCUT2D eigenvalue weighted by Crippen LogP contribution is 2.24. The molecule has 0 aromatic heterocycles. The predicted octanol–water partition coefficient (Wildman–Crippen LogP) is 3.17. The number of halogens is 1. The summed E-state index contributed by atoms with van der Waals surface area (Å²) in [6, 6.07) is 5.44. The van der Waals surface area contributed by atoms with Crippen LogP contribution in [0, 0.1) is 11.7 Å². The summed E-state index contributed by atoms with van der Waals surface area (Å²) in [5.74, 6) is -0.177. The molecule has 1 aromatic rings. The Balaban J connectivity index is 1.85. The molecular formula is C13H15FO2. The Morgan fingerprint density at radius 3 is 2.50 bits per heavy atom. The van der Waals surface area contributed by atoms with Crippen molar-refractivity contribution in [1.82, 2.24) is 0 Å². The van der Waals surface area contributed by atoms with Crippen LogP contribution in [0.4, 0.5) is 4.39 Å². The van der Waals surface area contributed by atoms with Crippen LogP contribution in [0.15, 0.2) is 24.3 Å². The highest BCUT2D eigenvalue weighted by molar-refractivity contribution is 5.89. The molecule has 0 saturated heterocycles. The molecule has 0 radical (unpaired) electrons. The predicted molar refractivity (Wildman–Crippen MR) is 58.6 cm³/mol. The number of ether oxygens (including phenoxy) is 1. The van der Waals surface area contributed by atoms with Crippen LogP contribution < -0.4 is 0 Å². The third kappa shape index (κ3) is 2.81. The third-order valence-corrected chi connectivity index (χ3v) is 3.00. The summed E-state index contributed by atoms with van der Waals surface area (Å²) in [5, 5.41) is 0. The Kier molecular flexibility index (Phi) is 3.54. The molecule has 0 spiro atoms. The van der Waals surface area contributed by atoms with E-state index in [1.54, 1.807) is 0 Å². The van der Waals surface area contributed by atoms with E-state index in [0.29, 0.717) is 18.1 Å². The molecule has 1 aliphatic carbocycles. The zero-order chi connectivity index (χ0) is 11.4. The molecule has 1 saturated carbocycles. The standard InChI is InChI=1S/C13H15FO2/c14-12-7-5-11(6-8-12)13(15)16-9-10-3-1-2-4-10/h5-8,10H,1-4,9H2. The van der Waals surface area contributed by atoms with Crippen molar-refractivity contribution >= 4 is 5.97 Å². The molecule has 2 nitrogen and oxygen atoms in total. The number of hydrogen-bond donors (Lipinski definition) is 0. The van der Waals surface area contributed by atoms with Crippen LogP contribution in [0.2, 0.25) is 0 Å². The van der Waals surface area contributed by atoms with Gasteiger partial charge in [-0.05, 0) is 43.0 Å². The van der Waals surface area contributed by atoms with Crippen LogP contribution >= 0.6 is 0 Å². The average molecular weight is 222 g/mol. The van der Waals surface area contributed by atoms with E-state index in [1.165, 1.54) is 37.1 Å². The Hall–Kier alpha value is -1.38. The molecule has 3 heteroatoms. The molecule has 2 rings (SSSR count). The molecule has 1 aliphatic rings. The van der Waals surface area contributed by atoms with Gasteiger partial charge in [0.2, 0.25) is 0 Å². The van der Waals surface area contributed by atoms with Gasteiger partial charge in [0.05, 0.1) is 12.2 Å². The Morgan fingerprint density at radius 1 is 1.25 bits per heavy atom. The molecule has 0 bridgehead atoms. The maximum Gasteiger partial charge on any atom is 0.338 e. The maximum absolute atomic E-state index is 12.6. The lowest BCUT2D eigenvalue weighted by atomic mass is 10.1. The zero-order valence-electron chi connectivity index (χ0n) is 9.12. The van der Waals surface area contributed by atoms with Crippen molar-refractivity contribution in [2.45, 2.75) is 25.7 Å². The van der Waals surface area contributed by atoms with Crippen LogP contribution in [0.3, 0.4) is 0 Å². The summed E-state index contributed by atoms with van der Waals surface area (Å²) in [6.07, 6.45) is 4.77. The van der Waals surface area contributed by atoms with E-state index in [0.717, 1.165) is 12.8 Å². The molecule has 16 heavy (non-hydrogen) atoms. The summed E-state index contributed by atoms with van der Waals surface area (Å²) in [7, 11) is 0.